The molecule has 1 aliphatic heterocycles. The van der Waals surface area contributed by atoms with Crippen LogP contribution in [0.4, 0.5) is 10.1 Å². The number of halogens is 1. The largest absolute Gasteiger partial charge is 0.494 e. The average Bonchev–Trinajstić information content (AvgIpc) is 2.84. The Morgan fingerprint density at radius 1 is 1.06 bits per heavy atom. The SMILES string of the molecule is CCOc1ccc(CCC[C@@H](C(=O)N2CCN(c3ccccc3F)CC2)[C@H](OC)C(=O)O)cc1. The van der Waals surface area contributed by atoms with Crippen LogP contribution in [0.3, 0.4) is 0 Å². The number of aryl methyl sites for hydroxylation is 1. The van der Waals surface area contributed by atoms with Crippen LogP contribution in [0, 0.1) is 11.7 Å². The van der Waals surface area contributed by atoms with Gasteiger partial charge in [-0.05, 0) is 56.0 Å². The number of carboxylic acid groups (broad SMARTS) is 1. The van der Waals surface area contributed by atoms with Gasteiger partial charge in [0.25, 0.3) is 0 Å². The zero-order valence-corrected chi connectivity index (χ0v) is 19.8. The maximum atomic E-state index is 14.1. The molecule has 0 aliphatic carbocycles. The smallest absolute Gasteiger partial charge is 0.333 e. The number of para-hydroxylation sites is 1. The van der Waals surface area contributed by atoms with Crippen molar-refractivity contribution in [2.45, 2.75) is 32.3 Å². The number of ether oxygens (including phenoxy) is 2. The monoisotopic (exact) mass is 472 g/mol. The highest BCUT2D eigenvalue weighted by Crippen LogP contribution is 2.24. The summed E-state index contributed by atoms with van der Waals surface area (Å²) in [5, 5.41) is 9.65. The molecule has 34 heavy (non-hydrogen) atoms. The lowest BCUT2D eigenvalue weighted by molar-refractivity contribution is -0.159. The molecule has 8 heteroatoms. The van der Waals surface area contributed by atoms with Crippen molar-refractivity contribution >= 4 is 17.6 Å². The van der Waals surface area contributed by atoms with Gasteiger partial charge in [0.15, 0.2) is 6.10 Å². The minimum absolute atomic E-state index is 0.228. The second-order valence-corrected chi connectivity index (χ2v) is 8.33. The van der Waals surface area contributed by atoms with E-state index < -0.39 is 18.0 Å². The predicted molar refractivity (Wildman–Crippen MR) is 128 cm³/mol. The number of benzene rings is 2. The van der Waals surface area contributed by atoms with Crippen molar-refractivity contribution in [3.8, 4) is 5.75 Å². The van der Waals surface area contributed by atoms with E-state index in [2.05, 4.69) is 0 Å². The van der Waals surface area contributed by atoms with E-state index in [0.717, 1.165) is 11.3 Å². The number of carboxylic acids is 1. The number of hydrogen-bond donors (Lipinski definition) is 1. The summed E-state index contributed by atoms with van der Waals surface area (Å²) in [6, 6.07) is 14.4. The van der Waals surface area contributed by atoms with E-state index in [4.69, 9.17) is 9.47 Å². The highest BCUT2D eigenvalue weighted by molar-refractivity contribution is 5.86. The van der Waals surface area contributed by atoms with Crippen molar-refractivity contribution in [2.75, 3.05) is 44.8 Å². The van der Waals surface area contributed by atoms with E-state index in [1.165, 1.54) is 13.2 Å². The fraction of sp³-hybridized carbons (Fsp3) is 0.462. The number of carbonyl (C=O) groups excluding carboxylic acids is 1. The molecule has 2 aromatic carbocycles. The standard InChI is InChI=1S/C26H33FN2O5/c1-3-34-20-13-11-19(12-14-20)7-6-8-21(24(33-2)26(31)32)25(30)29-17-15-28(16-18-29)23-10-5-4-9-22(23)27/h4-5,9-14,21,24H,3,6-8,15-18H2,1-2H3,(H,31,32)/t21-,24+/m1/s1. The van der Waals surface area contributed by atoms with Gasteiger partial charge in [0.05, 0.1) is 18.2 Å². The molecule has 2 aromatic rings. The van der Waals surface area contributed by atoms with E-state index in [1.807, 2.05) is 36.1 Å². The fourth-order valence-electron chi connectivity index (χ4n) is 4.40. The molecule has 1 saturated heterocycles. The number of rotatable bonds is 11. The first-order chi connectivity index (χ1) is 16.4. The Balaban J connectivity index is 1.61. The third-order valence-electron chi connectivity index (χ3n) is 6.18. The minimum atomic E-state index is -1.21. The quantitative estimate of drug-likeness (QED) is 0.538. The molecule has 1 fully saturated rings. The molecule has 0 bridgehead atoms. The molecule has 0 unspecified atom stereocenters. The Bertz CT molecular complexity index is 944. The van der Waals surface area contributed by atoms with Crippen LogP contribution >= 0.6 is 0 Å². The van der Waals surface area contributed by atoms with Crippen molar-refractivity contribution in [3.05, 3.63) is 59.9 Å². The van der Waals surface area contributed by atoms with Gasteiger partial charge in [-0.3, -0.25) is 4.79 Å². The lowest BCUT2D eigenvalue weighted by atomic mass is 9.92. The second-order valence-electron chi connectivity index (χ2n) is 8.33. The molecule has 0 spiro atoms. The van der Waals surface area contributed by atoms with Crippen LogP contribution in [0.15, 0.2) is 48.5 Å². The first-order valence-electron chi connectivity index (χ1n) is 11.7. The molecular weight excluding hydrogens is 439 g/mol. The van der Waals surface area contributed by atoms with Gasteiger partial charge in [-0.25, -0.2) is 9.18 Å². The lowest BCUT2D eigenvalue weighted by Gasteiger charge is -2.38. The Labute approximate surface area is 200 Å². The summed E-state index contributed by atoms with van der Waals surface area (Å²) in [6.07, 6.45) is 0.544. The average molecular weight is 473 g/mol. The number of carbonyl (C=O) groups is 2. The summed E-state index contributed by atoms with van der Waals surface area (Å²) in [6.45, 7) is 4.30. The third kappa shape index (κ3) is 6.47. The van der Waals surface area contributed by atoms with Crippen molar-refractivity contribution in [1.82, 2.24) is 4.90 Å². The summed E-state index contributed by atoms with van der Waals surface area (Å²) in [5.41, 5.74) is 1.61. The van der Waals surface area contributed by atoms with E-state index in [0.29, 0.717) is 57.7 Å². The molecule has 3 rings (SSSR count). The summed E-state index contributed by atoms with van der Waals surface area (Å²) in [4.78, 5) is 28.7. The van der Waals surface area contributed by atoms with Gasteiger partial charge in [-0.2, -0.15) is 0 Å². The first-order valence-corrected chi connectivity index (χ1v) is 11.7. The molecule has 1 aliphatic rings. The van der Waals surface area contributed by atoms with Crippen molar-refractivity contribution < 1.29 is 28.6 Å². The summed E-state index contributed by atoms with van der Waals surface area (Å²) >= 11 is 0. The van der Waals surface area contributed by atoms with Crippen molar-refractivity contribution in [1.29, 1.82) is 0 Å². The highest BCUT2D eigenvalue weighted by Gasteiger charge is 2.37. The number of piperazine rings is 1. The number of aliphatic carboxylic acids is 1. The highest BCUT2D eigenvalue weighted by atomic mass is 19.1. The van der Waals surface area contributed by atoms with E-state index in [9.17, 15) is 19.1 Å². The van der Waals surface area contributed by atoms with Crippen LogP contribution < -0.4 is 9.64 Å². The van der Waals surface area contributed by atoms with Crippen LogP contribution in [-0.2, 0) is 20.7 Å². The Kier molecular flexibility index (Phi) is 9.27. The molecule has 1 heterocycles. The van der Waals surface area contributed by atoms with E-state index in [-0.39, 0.29) is 11.7 Å². The van der Waals surface area contributed by atoms with Gasteiger partial charge in [-0.1, -0.05) is 24.3 Å². The van der Waals surface area contributed by atoms with Crippen LogP contribution in [0.2, 0.25) is 0 Å². The summed E-state index contributed by atoms with van der Waals surface area (Å²) < 4.78 is 24.8. The van der Waals surface area contributed by atoms with Crippen molar-refractivity contribution in [3.63, 3.8) is 0 Å². The maximum Gasteiger partial charge on any atom is 0.333 e. The number of hydrogen-bond acceptors (Lipinski definition) is 5. The molecule has 0 aromatic heterocycles. The van der Waals surface area contributed by atoms with Gasteiger partial charge < -0.3 is 24.4 Å². The molecule has 1 amide bonds. The normalized spacial score (nSPS) is 15.6. The van der Waals surface area contributed by atoms with Crippen molar-refractivity contribution in [2.24, 2.45) is 5.92 Å². The van der Waals surface area contributed by atoms with Gasteiger partial charge >= 0.3 is 5.97 Å². The van der Waals surface area contributed by atoms with Crippen LogP contribution in [0.5, 0.6) is 5.75 Å². The van der Waals surface area contributed by atoms with Crippen LogP contribution in [0.1, 0.15) is 25.3 Å². The number of anilines is 1. The molecule has 0 radical (unpaired) electrons. The number of nitrogens with zero attached hydrogens (tertiary/aromatic N) is 2. The molecular formula is C26H33FN2O5. The minimum Gasteiger partial charge on any atom is -0.494 e. The zero-order valence-electron chi connectivity index (χ0n) is 19.8. The second kappa shape index (κ2) is 12.4. The van der Waals surface area contributed by atoms with Gasteiger partial charge in [0, 0.05) is 33.3 Å². The Morgan fingerprint density at radius 2 is 1.74 bits per heavy atom. The van der Waals surface area contributed by atoms with Gasteiger partial charge in [0.2, 0.25) is 5.91 Å². The summed E-state index contributed by atoms with van der Waals surface area (Å²) in [5.74, 6) is -1.65. The van der Waals surface area contributed by atoms with E-state index >= 15 is 0 Å². The predicted octanol–water partition coefficient (Wildman–Crippen LogP) is 3.61. The lowest BCUT2D eigenvalue weighted by Crippen LogP contribution is -2.53. The number of amides is 1. The molecule has 2 atom stereocenters. The summed E-state index contributed by atoms with van der Waals surface area (Å²) in [7, 11) is 1.32. The molecule has 1 N–H and O–H groups in total. The van der Waals surface area contributed by atoms with Crippen LogP contribution in [0.25, 0.3) is 0 Å². The first kappa shape index (κ1) is 25.5. The molecule has 184 valence electrons. The topological polar surface area (TPSA) is 79.3 Å². The fourth-order valence-corrected chi connectivity index (χ4v) is 4.40. The molecule has 7 nitrogen and oxygen atoms in total. The van der Waals surface area contributed by atoms with Gasteiger partial charge in [0.1, 0.15) is 11.6 Å². The Hall–Kier alpha value is -3.13. The van der Waals surface area contributed by atoms with E-state index in [1.54, 1.807) is 23.1 Å². The maximum absolute atomic E-state index is 14.1. The zero-order chi connectivity index (χ0) is 24.5. The van der Waals surface area contributed by atoms with Crippen LogP contribution in [-0.4, -0.2) is 67.9 Å². The molecule has 0 saturated carbocycles. The number of methoxy groups -OCH3 is 1. The van der Waals surface area contributed by atoms with Gasteiger partial charge in [-0.15, -0.1) is 0 Å². The Morgan fingerprint density at radius 3 is 2.32 bits per heavy atom. The third-order valence-corrected chi connectivity index (χ3v) is 6.18.